The largest absolute Gasteiger partial charge is 0.464 e. The number of nitrogens with zero attached hydrogens (tertiary/aromatic N) is 1. The number of hydrogen-bond acceptors (Lipinski definition) is 7. The number of nitrogens with one attached hydrogen (secondary N) is 1. The number of fused-ring (bicyclic) bond motifs is 1. The van der Waals surface area contributed by atoms with Crippen molar-refractivity contribution in [2.24, 2.45) is 5.73 Å². The molecule has 28 heavy (non-hydrogen) atoms. The van der Waals surface area contributed by atoms with Crippen LogP contribution in [0.3, 0.4) is 0 Å². The molecule has 0 aliphatic carbocycles. The Balaban J connectivity index is 1.86. The van der Waals surface area contributed by atoms with Gasteiger partial charge in [0.05, 0.1) is 18.6 Å². The van der Waals surface area contributed by atoms with Crippen LogP contribution >= 0.6 is 35.0 Å². The van der Waals surface area contributed by atoms with Gasteiger partial charge in [-0.05, 0) is 11.6 Å². The van der Waals surface area contributed by atoms with Crippen molar-refractivity contribution in [3.8, 4) is 0 Å². The number of β-lactam (4-membered cyclic amide) rings is 1. The van der Waals surface area contributed by atoms with Crippen molar-refractivity contribution in [2.75, 3.05) is 14.2 Å². The van der Waals surface area contributed by atoms with E-state index in [1.807, 2.05) is 0 Å². The van der Waals surface area contributed by atoms with E-state index in [4.69, 9.17) is 38.4 Å². The summed E-state index contributed by atoms with van der Waals surface area (Å²) < 4.78 is 9.87. The number of nitrogens with two attached hydrogens (primary N) is 1. The summed E-state index contributed by atoms with van der Waals surface area (Å²) in [6.45, 7) is 0. The molecule has 8 nitrogen and oxygen atoms in total. The molecular weight excluding hydrogens is 429 g/mol. The van der Waals surface area contributed by atoms with Crippen LogP contribution < -0.4 is 11.1 Å². The van der Waals surface area contributed by atoms with Crippen molar-refractivity contribution >= 4 is 52.7 Å². The molecule has 2 aliphatic heterocycles. The number of halogens is 2. The first kappa shape index (κ1) is 20.9. The van der Waals surface area contributed by atoms with Crippen LogP contribution in [0.2, 0.25) is 5.02 Å². The average Bonchev–Trinajstić information content (AvgIpc) is 2.69. The highest BCUT2D eigenvalue weighted by Crippen LogP contribution is 2.48. The van der Waals surface area contributed by atoms with Crippen molar-refractivity contribution < 1.29 is 23.9 Å². The monoisotopic (exact) mass is 445 g/mol. The maximum Gasteiger partial charge on any atom is 0.356 e. The molecule has 11 heteroatoms. The number of ether oxygens (including phenoxy) is 2. The number of esters is 1. The van der Waals surface area contributed by atoms with E-state index in [9.17, 15) is 14.4 Å². The van der Waals surface area contributed by atoms with Gasteiger partial charge >= 0.3 is 5.97 Å². The Labute approximate surface area is 175 Å². The zero-order valence-electron chi connectivity index (χ0n) is 14.9. The maximum atomic E-state index is 12.5. The summed E-state index contributed by atoms with van der Waals surface area (Å²) in [5, 5.41) is 1.58. The van der Waals surface area contributed by atoms with Crippen molar-refractivity contribution in [1.29, 1.82) is 0 Å². The summed E-state index contributed by atoms with van der Waals surface area (Å²) in [7, 11) is 2.45. The van der Waals surface area contributed by atoms with Gasteiger partial charge in [-0.15, -0.1) is 11.8 Å². The molecule has 0 bridgehead atoms. The van der Waals surface area contributed by atoms with Gasteiger partial charge in [0.2, 0.25) is 11.6 Å². The number of thioether (sulfide) groups is 1. The van der Waals surface area contributed by atoms with Crippen LogP contribution in [0.15, 0.2) is 35.0 Å². The zero-order chi connectivity index (χ0) is 20.6. The van der Waals surface area contributed by atoms with Crippen LogP contribution in [-0.2, 0) is 30.3 Å². The lowest BCUT2D eigenvalue weighted by atomic mass is 10.0. The number of benzene rings is 1. The molecule has 1 fully saturated rings. The summed E-state index contributed by atoms with van der Waals surface area (Å²) in [5.74, 6) is -1.80. The molecule has 0 radical (unpaired) electrons. The third-order valence-electron chi connectivity index (χ3n) is 4.43. The highest BCUT2D eigenvalue weighted by atomic mass is 35.5. The van der Waals surface area contributed by atoms with Crippen molar-refractivity contribution in [1.82, 2.24) is 10.2 Å². The third kappa shape index (κ3) is 3.37. The fourth-order valence-corrected chi connectivity index (χ4v) is 4.91. The molecule has 0 spiro atoms. The fourth-order valence-electron chi connectivity index (χ4n) is 2.92. The van der Waals surface area contributed by atoms with Crippen LogP contribution in [0.5, 0.6) is 0 Å². The Morgan fingerprint density at radius 3 is 2.61 bits per heavy atom. The lowest BCUT2D eigenvalue weighted by Crippen LogP contribution is -2.79. The van der Waals surface area contributed by atoms with E-state index >= 15 is 0 Å². The highest BCUT2D eigenvalue weighted by molar-refractivity contribution is 8.01. The standard InChI is InChI=1S/C17H17Cl2N3O5S/c1-26-14(24)12-11(19)13(28-16-17(20,27-2)15(25)22(12)16)21-10(23)7-8-5-3-4-6-9(8)18/h3-6,13,16H,7,20H2,1-2H3,(H,21,23)/t13?,16-,17?/m1/s1. The van der Waals surface area contributed by atoms with Gasteiger partial charge < -0.3 is 14.8 Å². The second-order valence-electron chi connectivity index (χ2n) is 6.06. The van der Waals surface area contributed by atoms with Gasteiger partial charge in [0, 0.05) is 12.1 Å². The van der Waals surface area contributed by atoms with Crippen LogP contribution in [0.1, 0.15) is 5.56 Å². The topological polar surface area (TPSA) is 111 Å². The number of rotatable bonds is 5. The molecule has 3 N–H and O–H groups in total. The van der Waals surface area contributed by atoms with Crippen LogP contribution in [0, 0.1) is 0 Å². The summed E-state index contributed by atoms with van der Waals surface area (Å²) in [4.78, 5) is 38.2. The van der Waals surface area contributed by atoms with Gasteiger partial charge in [-0.2, -0.15) is 0 Å². The molecule has 2 heterocycles. The second kappa shape index (κ2) is 7.92. The Morgan fingerprint density at radius 2 is 2.00 bits per heavy atom. The summed E-state index contributed by atoms with van der Waals surface area (Å²) in [6, 6.07) is 6.94. The zero-order valence-corrected chi connectivity index (χ0v) is 17.2. The van der Waals surface area contributed by atoms with E-state index in [0.29, 0.717) is 10.6 Å². The van der Waals surface area contributed by atoms with E-state index in [-0.39, 0.29) is 23.1 Å². The van der Waals surface area contributed by atoms with E-state index in [2.05, 4.69) is 5.32 Å². The molecule has 3 atom stereocenters. The molecule has 150 valence electrons. The third-order valence-corrected chi connectivity index (χ3v) is 6.77. The predicted molar refractivity (Wildman–Crippen MR) is 104 cm³/mol. The lowest BCUT2D eigenvalue weighted by molar-refractivity contribution is -0.183. The van der Waals surface area contributed by atoms with Crippen LogP contribution in [0.25, 0.3) is 0 Å². The van der Waals surface area contributed by atoms with Gasteiger partial charge in [0.25, 0.3) is 5.91 Å². The minimum atomic E-state index is -1.63. The summed E-state index contributed by atoms with van der Waals surface area (Å²) in [5.41, 5.74) is 4.84. The SMILES string of the molecule is COC(=O)C1=C(Cl)C(NC(=O)Cc2ccccc2Cl)S[C@H]2N1C(=O)C2(N)OC. The first-order valence-electron chi connectivity index (χ1n) is 8.08. The number of carbonyl (C=O) groups is 3. The number of hydrogen-bond donors (Lipinski definition) is 2. The summed E-state index contributed by atoms with van der Waals surface area (Å²) in [6.07, 6.45) is 0.0137. The minimum absolute atomic E-state index is 0.0137. The van der Waals surface area contributed by atoms with Gasteiger partial charge in [-0.3, -0.25) is 20.2 Å². The smallest absolute Gasteiger partial charge is 0.356 e. The molecule has 2 amide bonds. The normalized spacial score (nSPS) is 26.5. The minimum Gasteiger partial charge on any atom is -0.464 e. The molecule has 2 aliphatic rings. The maximum absolute atomic E-state index is 12.5. The molecule has 1 aromatic carbocycles. The van der Waals surface area contributed by atoms with Crippen molar-refractivity contribution in [3.63, 3.8) is 0 Å². The molecular formula is C17H17Cl2N3O5S. The molecule has 0 saturated carbocycles. The van der Waals surface area contributed by atoms with E-state index < -0.39 is 28.3 Å². The molecule has 1 saturated heterocycles. The number of carbonyl (C=O) groups excluding carboxylic acids is 3. The Morgan fingerprint density at radius 1 is 1.32 bits per heavy atom. The summed E-state index contributed by atoms with van der Waals surface area (Å²) >= 11 is 13.5. The second-order valence-corrected chi connectivity index (χ2v) is 8.07. The van der Waals surface area contributed by atoms with Crippen LogP contribution in [-0.4, -0.2) is 53.4 Å². The first-order valence-corrected chi connectivity index (χ1v) is 9.78. The first-order chi connectivity index (χ1) is 13.2. The van der Waals surface area contributed by atoms with E-state index in [0.717, 1.165) is 23.8 Å². The van der Waals surface area contributed by atoms with Crippen LogP contribution in [0.4, 0.5) is 0 Å². The van der Waals surface area contributed by atoms with E-state index in [1.165, 1.54) is 7.11 Å². The van der Waals surface area contributed by atoms with Gasteiger partial charge in [-0.1, -0.05) is 41.4 Å². The fraction of sp³-hybridized carbons (Fsp3) is 0.353. The van der Waals surface area contributed by atoms with Crippen molar-refractivity contribution in [3.05, 3.63) is 45.6 Å². The average molecular weight is 446 g/mol. The number of amides is 2. The Kier molecular flexibility index (Phi) is 5.92. The van der Waals surface area contributed by atoms with Crippen molar-refractivity contribution in [2.45, 2.75) is 22.9 Å². The van der Waals surface area contributed by atoms with Gasteiger partial charge in [0.1, 0.15) is 16.4 Å². The van der Waals surface area contributed by atoms with Gasteiger partial charge in [0.15, 0.2) is 0 Å². The van der Waals surface area contributed by atoms with Gasteiger partial charge in [-0.25, -0.2) is 4.79 Å². The highest BCUT2D eigenvalue weighted by Gasteiger charge is 2.65. The van der Waals surface area contributed by atoms with E-state index in [1.54, 1.807) is 24.3 Å². The quantitative estimate of drug-likeness (QED) is 0.397. The predicted octanol–water partition coefficient (Wildman–Crippen LogP) is 1.16. The lowest BCUT2D eigenvalue weighted by Gasteiger charge is -2.55. The number of methoxy groups -OCH3 is 2. The Hall–Kier alpha value is -1.78. The molecule has 3 rings (SSSR count). The molecule has 2 unspecified atom stereocenters. The molecule has 0 aromatic heterocycles. The Bertz CT molecular complexity index is 880. The molecule has 1 aromatic rings.